The lowest BCUT2D eigenvalue weighted by Crippen LogP contribution is -2.03. The fraction of sp³-hybridized carbons (Fsp3) is 0.143. The predicted octanol–water partition coefficient (Wildman–Crippen LogP) is 4.44. The molecule has 0 saturated heterocycles. The van der Waals surface area contributed by atoms with Crippen molar-refractivity contribution in [2.24, 2.45) is 0 Å². The quantitative estimate of drug-likeness (QED) is 0.840. The van der Waals surface area contributed by atoms with Crippen LogP contribution in [0.15, 0.2) is 45.3 Å². The Hall–Kier alpha value is -0.910. The summed E-state index contributed by atoms with van der Waals surface area (Å²) in [5.74, 6) is 0.0360. The summed E-state index contributed by atoms with van der Waals surface area (Å²) < 4.78 is 20.1. The van der Waals surface area contributed by atoms with E-state index in [0.717, 1.165) is 8.95 Å². The number of methoxy groups -OCH3 is 1. The Kier molecular flexibility index (Phi) is 4.60. The van der Waals surface area contributed by atoms with Crippen LogP contribution in [0.1, 0.15) is 17.2 Å². The van der Waals surface area contributed by atoms with Gasteiger partial charge in [-0.3, -0.25) is 0 Å². The van der Waals surface area contributed by atoms with Crippen molar-refractivity contribution in [3.05, 3.63) is 62.3 Å². The van der Waals surface area contributed by atoms with Gasteiger partial charge in [0.2, 0.25) is 0 Å². The Morgan fingerprint density at radius 2 is 1.74 bits per heavy atom. The first-order valence-electron chi connectivity index (χ1n) is 5.48. The highest BCUT2D eigenvalue weighted by Gasteiger charge is 2.17. The molecule has 100 valence electrons. The molecule has 0 fully saturated rings. The average molecular weight is 390 g/mol. The number of hydrogen-bond donors (Lipinski definition) is 1. The lowest BCUT2D eigenvalue weighted by molar-refractivity contribution is 0.214. The van der Waals surface area contributed by atoms with Crippen LogP contribution in [0.4, 0.5) is 4.39 Å². The topological polar surface area (TPSA) is 29.5 Å². The van der Waals surface area contributed by atoms with E-state index in [-0.39, 0.29) is 0 Å². The van der Waals surface area contributed by atoms with Crippen molar-refractivity contribution in [2.45, 2.75) is 6.10 Å². The van der Waals surface area contributed by atoms with Crippen molar-refractivity contribution < 1.29 is 14.2 Å². The zero-order chi connectivity index (χ0) is 14.0. The lowest BCUT2D eigenvalue weighted by Gasteiger charge is -2.16. The highest BCUT2D eigenvalue weighted by Crippen LogP contribution is 2.33. The third-order valence-corrected chi connectivity index (χ3v) is 3.60. The molecule has 2 aromatic rings. The van der Waals surface area contributed by atoms with Gasteiger partial charge < -0.3 is 9.84 Å². The Morgan fingerprint density at radius 3 is 2.32 bits per heavy atom. The molecule has 0 saturated carbocycles. The van der Waals surface area contributed by atoms with Gasteiger partial charge in [0.1, 0.15) is 17.7 Å². The van der Waals surface area contributed by atoms with Crippen LogP contribution < -0.4 is 4.74 Å². The van der Waals surface area contributed by atoms with Crippen LogP contribution in [0.2, 0.25) is 0 Å². The molecule has 0 aliphatic heterocycles. The van der Waals surface area contributed by atoms with E-state index in [1.165, 1.54) is 25.3 Å². The number of ether oxygens (including phenoxy) is 1. The molecule has 0 bridgehead atoms. The molecule has 5 heteroatoms. The van der Waals surface area contributed by atoms with Crippen molar-refractivity contribution >= 4 is 31.9 Å². The van der Waals surface area contributed by atoms with Crippen LogP contribution in [-0.4, -0.2) is 12.2 Å². The molecule has 2 nitrogen and oxygen atoms in total. The van der Waals surface area contributed by atoms with E-state index in [2.05, 4.69) is 31.9 Å². The minimum atomic E-state index is -0.959. The summed E-state index contributed by atoms with van der Waals surface area (Å²) in [6.07, 6.45) is -0.959. The van der Waals surface area contributed by atoms with Gasteiger partial charge in [0.05, 0.1) is 7.11 Å². The average Bonchev–Trinajstić information content (AvgIpc) is 2.36. The normalized spacial score (nSPS) is 12.3. The third-order valence-electron chi connectivity index (χ3n) is 2.69. The maximum absolute atomic E-state index is 13.3. The van der Waals surface area contributed by atoms with Crippen molar-refractivity contribution in [2.75, 3.05) is 7.11 Å². The number of halogens is 3. The van der Waals surface area contributed by atoms with Gasteiger partial charge in [-0.05, 0) is 42.0 Å². The van der Waals surface area contributed by atoms with Crippen LogP contribution in [0.3, 0.4) is 0 Å². The SMILES string of the molecule is COc1ccc(F)cc1C(O)c1cc(Br)cc(Br)c1. The second-order valence-corrected chi connectivity index (χ2v) is 5.82. The first-order chi connectivity index (χ1) is 9.01. The Morgan fingerprint density at radius 1 is 1.11 bits per heavy atom. The smallest absolute Gasteiger partial charge is 0.125 e. The lowest BCUT2D eigenvalue weighted by atomic mass is 10.0. The molecule has 2 rings (SSSR count). The molecule has 0 amide bonds. The number of aliphatic hydroxyl groups excluding tert-OH is 1. The minimum Gasteiger partial charge on any atom is -0.496 e. The number of hydrogen-bond acceptors (Lipinski definition) is 2. The van der Waals surface area contributed by atoms with Gasteiger partial charge >= 0.3 is 0 Å². The summed E-state index contributed by atoms with van der Waals surface area (Å²) in [5, 5.41) is 10.4. The van der Waals surface area contributed by atoms with Crippen molar-refractivity contribution in [1.82, 2.24) is 0 Å². The molecule has 1 atom stereocenters. The minimum absolute atomic E-state index is 0.396. The fourth-order valence-electron chi connectivity index (χ4n) is 1.83. The molecule has 0 aliphatic carbocycles. The number of rotatable bonds is 3. The van der Waals surface area contributed by atoms with Crippen LogP contribution in [0.25, 0.3) is 0 Å². The summed E-state index contributed by atoms with van der Waals surface area (Å²) >= 11 is 6.71. The fourth-order valence-corrected chi connectivity index (χ4v) is 3.16. The van der Waals surface area contributed by atoms with Crippen LogP contribution in [0.5, 0.6) is 5.75 Å². The van der Waals surface area contributed by atoms with Gasteiger partial charge in [-0.25, -0.2) is 4.39 Å². The molecular formula is C14H11Br2FO2. The van der Waals surface area contributed by atoms with E-state index in [0.29, 0.717) is 16.9 Å². The maximum atomic E-state index is 13.3. The first kappa shape index (κ1) is 14.5. The number of benzene rings is 2. The summed E-state index contributed by atoms with van der Waals surface area (Å²) in [7, 11) is 1.49. The molecule has 1 N–H and O–H groups in total. The monoisotopic (exact) mass is 388 g/mol. The Balaban J connectivity index is 2.48. The van der Waals surface area contributed by atoms with E-state index in [9.17, 15) is 9.50 Å². The molecule has 0 aliphatic rings. The predicted molar refractivity (Wildman–Crippen MR) is 78.9 cm³/mol. The third kappa shape index (κ3) is 3.35. The van der Waals surface area contributed by atoms with Gasteiger partial charge in [0.25, 0.3) is 0 Å². The number of aliphatic hydroxyl groups is 1. The van der Waals surface area contributed by atoms with Gasteiger partial charge in [-0.2, -0.15) is 0 Å². The zero-order valence-electron chi connectivity index (χ0n) is 10.0. The maximum Gasteiger partial charge on any atom is 0.125 e. The highest BCUT2D eigenvalue weighted by molar-refractivity contribution is 9.11. The molecule has 1 unspecified atom stereocenters. The molecule has 0 aromatic heterocycles. The standard InChI is InChI=1S/C14H11Br2FO2/c1-19-13-3-2-11(17)7-12(13)14(18)8-4-9(15)6-10(16)5-8/h2-7,14,18H,1H3. The van der Waals surface area contributed by atoms with Crippen molar-refractivity contribution in [3.8, 4) is 5.75 Å². The van der Waals surface area contributed by atoms with E-state index in [1.54, 1.807) is 12.1 Å². The summed E-state index contributed by atoms with van der Waals surface area (Å²) in [6.45, 7) is 0. The van der Waals surface area contributed by atoms with E-state index < -0.39 is 11.9 Å². The van der Waals surface area contributed by atoms with E-state index >= 15 is 0 Å². The van der Waals surface area contributed by atoms with E-state index in [1.807, 2.05) is 6.07 Å². The molecule has 0 spiro atoms. The van der Waals surface area contributed by atoms with E-state index in [4.69, 9.17) is 4.74 Å². The summed E-state index contributed by atoms with van der Waals surface area (Å²) in [5.41, 5.74) is 1.04. The van der Waals surface area contributed by atoms with Crippen molar-refractivity contribution in [3.63, 3.8) is 0 Å². The van der Waals surface area contributed by atoms with Gasteiger partial charge in [-0.15, -0.1) is 0 Å². The molecular weight excluding hydrogens is 379 g/mol. The molecule has 2 aromatic carbocycles. The molecule has 0 heterocycles. The highest BCUT2D eigenvalue weighted by atomic mass is 79.9. The van der Waals surface area contributed by atoms with Gasteiger partial charge in [0.15, 0.2) is 0 Å². The zero-order valence-corrected chi connectivity index (χ0v) is 13.2. The second-order valence-electron chi connectivity index (χ2n) is 3.99. The van der Waals surface area contributed by atoms with Crippen LogP contribution in [-0.2, 0) is 0 Å². The largest absolute Gasteiger partial charge is 0.496 e. The second kappa shape index (κ2) is 6.03. The van der Waals surface area contributed by atoms with Crippen LogP contribution >= 0.6 is 31.9 Å². The van der Waals surface area contributed by atoms with Gasteiger partial charge in [0, 0.05) is 14.5 Å². The first-order valence-corrected chi connectivity index (χ1v) is 7.07. The molecule has 0 radical (unpaired) electrons. The Bertz CT molecular complexity index is 582. The van der Waals surface area contributed by atoms with Crippen LogP contribution in [0, 0.1) is 5.82 Å². The molecule has 19 heavy (non-hydrogen) atoms. The summed E-state index contributed by atoms with van der Waals surface area (Å²) in [6, 6.07) is 9.49. The summed E-state index contributed by atoms with van der Waals surface area (Å²) in [4.78, 5) is 0. The van der Waals surface area contributed by atoms with Gasteiger partial charge in [-0.1, -0.05) is 31.9 Å². The van der Waals surface area contributed by atoms with Crippen molar-refractivity contribution in [1.29, 1.82) is 0 Å². The Labute approximate surface area is 127 Å².